The zero-order valence-electron chi connectivity index (χ0n) is 23.0. The zero-order valence-corrected chi connectivity index (χ0v) is 23.7. The van der Waals surface area contributed by atoms with Crippen molar-refractivity contribution in [3.8, 4) is 28.3 Å². The number of nitrogen functional groups attached to an aromatic ring is 1. The molecule has 0 aliphatic heterocycles. The number of rotatable bonds is 9. The molecule has 2 aromatic heterocycles. The summed E-state index contributed by atoms with van der Waals surface area (Å²) in [4.78, 5) is 22.6. The third kappa shape index (κ3) is 6.95. The van der Waals surface area contributed by atoms with Crippen molar-refractivity contribution < 1.29 is 4.74 Å². The van der Waals surface area contributed by atoms with E-state index in [1.165, 1.54) is 0 Å². The Morgan fingerprint density at radius 3 is 1.49 bits per heavy atom. The summed E-state index contributed by atoms with van der Waals surface area (Å²) in [6.07, 6.45) is 0. The van der Waals surface area contributed by atoms with Crippen molar-refractivity contribution in [3.63, 3.8) is 0 Å². The van der Waals surface area contributed by atoms with Crippen molar-refractivity contribution in [2.24, 2.45) is 0 Å². The number of methoxy groups -OCH3 is 1. The minimum Gasteiger partial charge on any atom is -0.497 e. The molecule has 10 nitrogen and oxygen atoms in total. The Hall–Kier alpha value is -5.74. The second-order valence-electron chi connectivity index (χ2n) is 9.36. The lowest BCUT2D eigenvalue weighted by molar-refractivity contribution is 0.415. The van der Waals surface area contributed by atoms with Crippen LogP contribution in [0.4, 0.5) is 40.9 Å². The van der Waals surface area contributed by atoms with Gasteiger partial charge in [0.2, 0.25) is 23.8 Å². The predicted octanol–water partition coefficient (Wildman–Crippen LogP) is 7.47. The molecule has 0 radical (unpaired) electrons. The first kappa shape index (κ1) is 27.4. The summed E-state index contributed by atoms with van der Waals surface area (Å²) < 4.78 is 5.26. The number of aromatic nitrogens is 5. The minimum absolute atomic E-state index is 0.190. The molecule has 0 atom stereocenters. The molecule has 6 aromatic rings. The van der Waals surface area contributed by atoms with Crippen LogP contribution < -0.4 is 26.4 Å². The van der Waals surface area contributed by atoms with Gasteiger partial charge in [-0.3, -0.25) is 0 Å². The summed E-state index contributed by atoms with van der Waals surface area (Å²) in [6.45, 7) is 0. The molecule has 2 heterocycles. The van der Waals surface area contributed by atoms with Gasteiger partial charge in [-0.2, -0.15) is 15.0 Å². The van der Waals surface area contributed by atoms with E-state index in [1.54, 1.807) is 19.2 Å². The summed E-state index contributed by atoms with van der Waals surface area (Å²) in [5, 5.41) is 10.4. The van der Waals surface area contributed by atoms with Crippen molar-refractivity contribution >= 4 is 52.5 Å². The molecule has 0 spiro atoms. The van der Waals surface area contributed by atoms with E-state index in [2.05, 4.69) is 40.9 Å². The van der Waals surface area contributed by atoms with Gasteiger partial charge in [0.25, 0.3) is 0 Å². The Bertz CT molecular complexity index is 1830. The maximum Gasteiger partial charge on any atom is 0.233 e. The van der Waals surface area contributed by atoms with E-state index < -0.39 is 0 Å². The lowest BCUT2D eigenvalue weighted by Crippen LogP contribution is -2.07. The van der Waals surface area contributed by atoms with E-state index in [4.69, 9.17) is 22.1 Å². The van der Waals surface area contributed by atoms with Gasteiger partial charge in [0.15, 0.2) is 0 Å². The number of halogens is 1. The topological polar surface area (TPSA) is 136 Å². The SMILES string of the molecule is COc1ccc(-c2cc(-c3ccc(Nc4nc(Nc5ccccc5)nc(Nc5ccc(Cl)cc5)n4)cc3)nc(N)n2)cc1. The van der Waals surface area contributed by atoms with Gasteiger partial charge in [0.1, 0.15) is 5.75 Å². The molecule has 0 aliphatic rings. The number of ether oxygens (including phenoxy) is 1. The van der Waals surface area contributed by atoms with Gasteiger partial charge >= 0.3 is 0 Å². The Labute approximate surface area is 253 Å². The molecule has 11 heteroatoms. The zero-order chi connectivity index (χ0) is 29.6. The highest BCUT2D eigenvalue weighted by Crippen LogP contribution is 2.28. The molecule has 43 heavy (non-hydrogen) atoms. The lowest BCUT2D eigenvalue weighted by atomic mass is 10.1. The summed E-state index contributed by atoms with van der Waals surface area (Å²) in [5.74, 6) is 2.04. The van der Waals surface area contributed by atoms with Crippen LogP contribution in [0.2, 0.25) is 5.02 Å². The number of hydrogen-bond acceptors (Lipinski definition) is 10. The fourth-order valence-corrected chi connectivity index (χ4v) is 4.36. The first-order valence-electron chi connectivity index (χ1n) is 13.3. The molecule has 4 aromatic carbocycles. The molecule has 0 aliphatic carbocycles. The molecule has 0 saturated heterocycles. The number of nitrogens with two attached hydrogens (primary N) is 1. The fourth-order valence-electron chi connectivity index (χ4n) is 4.23. The van der Waals surface area contributed by atoms with E-state index in [1.807, 2.05) is 97.1 Å². The summed E-state index contributed by atoms with van der Waals surface area (Å²) >= 11 is 6.04. The van der Waals surface area contributed by atoms with Crippen LogP contribution in [0, 0.1) is 0 Å². The largest absolute Gasteiger partial charge is 0.497 e. The third-order valence-corrected chi connectivity index (χ3v) is 6.58. The van der Waals surface area contributed by atoms with Gasteiger partial charge in [-0.15, -0.1) is 0 Å². The molecule has 212 valence electrons. The highest BCUT2D eigenvalue weighted by molar-refractivity contribution is 6.30. The fraction of sp³-hybridized carbons (Fsp3) is 0.0312. The molecule has 6 rings (SSSR count). The van der Waals surface area contributed by atoms with E-state index in [9.17, 15) is 0 Å². The minimum atomic E-state index is 0.190. The number of hydrogen-bond donors (Lipinski definition) is 4. The molecular formula is C32H26ClN9O. The Kier molecular flexibility index (Phi) is 7.92. The van der Waals surface area contributed by atoms with Crippen LogP contribution in [0.1, 0.15) is 0 Å². The van der Waals surface area contributed by atoms with Crippen LogP contribution in [-0.4, -0.2) is 32.0 Å². The third-order valence-electron chi connectivity index (χ3n) is 6.33. The average molecular weight is 588 g/mol. The van der Waals surface area contributed by atoms with Crippen molar-refractivity contribution in [1.82, 2.24) is 24.9 Å². The van der Waals surface area contributed by atoms with Gasteiger partial charge < -0.3 is 26.4 Å². The number of nitrogens with zero attached hydrogens (tertiary/aromatic N) is 5. The van der Waals surface area contributed by atoms with Crippen molar-refractivity contribution in [1.29, 1.82) is 0 Å². The first-order valence-corrected chi connectivity index (χ1v) is 13.7. The number of benzene rings is 4. The average Bonchev–Trinajstić information content (AvgIpc) is 3.03. The van der Waals surface area contributed by atoms with E-state index in [0.29, 0.717) is 28.6 Å². The first-order chi connectivity index (χ1) is 21.0. The highest BCUT2D eigenvalue weighted by atomic mass is 35.5. The summed E-state index contributed by atoms with van der Waals surface area (Å²) in [7, 11) is 1.63. The number of para-hydroxylation sites is 1. The molecule has 0 bridgehead atoms. The van der Waals surface area contributed by atoms with Gasteiger partial charge in [0, 0.05) is 33.2 Å². The van der Waals surface area contributed by atoms with Gasteiger partial charge in [0.05, 0.1) is 18.5 Å². The van der Waals surface area contributed by atoms with Crippen LogP contribution in [0.25, 0.3) is 22.5 Å². The molecule has 0 amide bonds. The quantitative estimate of drug-likeness (QED) is 0.135. The molecule has 5 N–H and O–H groups in total. The standard InChI is InChI=1S/C32H26ClN9O/c1-43-26-17-9-21(10-18-26)28-19-27(38-29(34)39-28)20-7-13-24(14-8-20)36-31-40-30(35-23-5-3-2-4-6-23)41-32(42-31)37-25-15-11-22(33)12-16-25/h2-19H,1H3,(H2,34,38,39)(H3,35,36,37,40,41,42). The predicted molar refractivity (Wildman–Crippen MR) is 171 cm³/mol. The molecule has 0 saturated carbocycles. The second kappa shape index (κ2) is 12.4. The van der Waals surface area contributed by atoms with E-state index >= 15 is 0 Å². The van der Waals surface area contributed by atoms with E-state index in [-0.39, 0.29) is 5.95 Å². The van der Waals surface area contributed by atoms with E-state index in [0.717, 1.165) is 39.6 Å². The smallest absolute Gasteiger partial charge is 0.233 e. The van der Waals surface area contributed by atoms with Crippen LogP contribution in [0.3, 0.4) is 0 Å². The number of anilines is 7. The molecular weight excluding hydrogens is 562 g/mol. The Morgan fingerprint density at radius 1 is 0.558 bits per heavy atom. The summed E-state index contributed by atoms with van der Waals surface area (Å²) in [5.41, 5.74) is 11.7. The van der Waals surface area contributed by atoms with Gasteiger partial charge in [-0.1, -0.05) is 41.9 Å². The maximum atomic E-state index is 6.07. The highest BCUT2D eigenvalue weighted by Gasteiger charge is 2.11. The van der Waals surface area contributed by atoms with Crippen molar-refractivity contribution in [3.05, 3.63) is 114 Å². The molecule has 0 fully saturated rings. The lowest BCUT2D eigenvalue weighted by Gasteiger charge is -2.12. The number of nitrogens with one attached hydrogen (secondary N) is 3. The second-order valence-corrected chi connectivity index (χ2v) is 9.79. The molecule has 0 unspecified atom stereocenters. The Balaban J connectivity index is 1.25. The summed E-state index contributed by atoms with van der Waals surface area (Å²) in [6, 6.07) is 34.2. The van der Waals surface area contributed by atoms with Gasteiger partial charge in [-0.05, 0) is 78.9 Å². The normalized spacial score (nSPS) is 10.7. The monoisotopic (exact) mass is 587 g/mol. The van der Waals surface area contributed by atoms with Crippen LogP contribution in [0.5, 0.6) is 5.75 Å². The van der Waals surface area contributed by atoms with Gasteiger partial charge in [-0.25, -0.2) is 9.97 Å². The van der Waals surface area contributed by atoms with Crippen LogP contribution in [-0.2, 0) is 0 Å². The maximum absolute atomic E-state index is 6.07. The van der Waals surface area contributed by atoms with Crippen molar-refractivity contribution in [2.75, 3.05) is 28.8 Å². The van der Waals surface area contributed by atoms with Crippen LogP contribution in [0.15, 0.2) is 109 Å². The Morgan fingerprint density at radius 2 is 1.00 bits per heavy atom. The van der Waals surface area contributed by atoms with Crippen LogP contribution >= 0.6 is 11.6 Å². The van der Waals surface area contributed by atoms with Crippen molar-refractivity contribution in [2.45, 2.75) is 0 Å².